The highest BCUT2D eigenvalue weighted by Crippen LogP contribution is 2.40. The van der Waals surface area contributed by atoms with Crippen molar-refractivity contribution in [3.63, 3.8) is 0 Å². The summed E-state index contributed by atoms with van der Waals surface area (Å²) in [6.45, 7) is 8.84. The molecule has 7 heteroatoms. The van der Waals surface area contributed by atoms with Gasteiger partial charge in [-0.05, 0) is 46.5 Å². The number of ether oxygens (including phenoxy) is 1. The second-order valence-corrected chi connectivity index (χ2v) is 9.30. The smallest absolute Gasteiger partial charge is 0.223 e. The minimum atomic E-state index is -0.943. The van der Waals surface area contributed by atoms with E-state index < -0.39 is 5.60 Å². The van der Waals surface area contributed by atoms with Gasteiger partial charge in [0.25, 0.3) is 0 Å². The third-order valence-electron chi connectivity index (χ3n) is 7.11. The summed E-state index contributed by atoms with van der Waals surface area (Å²) in [4.78, 5) is 14.7. The lowest BCUT2D eigenvalue weighted by atomic mass is 9.75. The standard InChI is InChI=1S/C21H33N3O4/c1-14-17(15(2)28-23-14)11-24-9-7-21(8-10-24)13-20(3,26)18(12-27-21)22-19(25)16-5-4-6-16/h16,18,26H,4-13H2,1-3H3,(H,22,25)/t18-,20-/m0/s1. The minimum Gasteiger partial charge on any atom is -0.388 e. The molecule has 1 aromatic heterocycles. The number of piperidine rings is 1. The van der Waals surface area contributed by atoms with Crippen molar-refractivity contribution >= 4 is 5.91 Å². The predicted molar refractivity (Wildman–Crippen MR) is 104 cm³/mol. The van der Waals surface area contributed by atoms with Gasteiger partial charge in [0.1, 0.15) is 5.76 Å². The fraction of sp³-hybridized carbons (Fsp3) is 0.810. The van der Waals surface area contributed by atoms with Gasteiger partial charge in [0.15, 0.2) is 0 Å². The van der Waals surface area contributed by atoms with Crippen molar-refractivity contribution < 1.29 is 19.2 Å². The minimum absolute atomic E-state index is 0.0744. The monoisotopic (exact) mass is 391 g/mol. The van der Waals surface area contributed by atoms with Crippen molar-refractivity contribution in [2.24, 2.45) is 5.92 Å². The summed E-state index contributed by atoms with van der Waals surface area (Å²) in [7, 11) is 0. The number of carbonyl (C=O) groups excluding carboxylic acids is 1. The van der Waals surface area contributed by atoms with Crippen LogP contribution in [0.15, 0.2) is 4.52 Å². The van der Waals surface area contributed by atoms with E-state index in [-0.39, 0.29) is 23.5 Å². The van der Waals surface area contributed by atoms with Crippen LogP contribution in [-0.2, 0) is 16.1 Å². The van der Waals surface area contributed by atoms with Crippen LogP contribution in [0.5, 0.6) is 0 Å². The van der Waals surface area contributed by atoms with Crippen molar-refractivity contribution in [3.8, 4) is 0 Å². The first kappa shape index (κ1) is 19.9. The maximum Gasteiger partial charge on any atom is 0.223 e. The lowest BCUT2D eigenvalue weighted by Crippen LogP contribution is -2.64. The topological polar surface area (TPSA) is 87.8 Å². The molecule has 156 valence electrons. The summed E-state index contributed by atoms with van der Waals surface area (Å²) in [6.07, 6.45) is 5.39. The molecule has 2 aliphatic heterocycles. The Morgan fingerprint density at radius 2 is 2.04 bits per heavy atom. The number of nitrogens with zero attached hydrogens (tertiary/aromatic N) is 2. The molecule has 1 spiro atoms. The average molecular weight is 392 g/mol. The van der Waals surface area contributed by atoms with Crippen LogP contribution in [0.4, 0.5) is 0 Å². The average Bonchev–Trinajstić information content (AvgIpc) is 2.90. The second-order valence-electron chi connectivity index (χ2n) is 9.30. The van der Waals surface area contributed by atoms with Crippen molar-refractivity contribution in [1.82, 2.24) is 15.4 Å². The molecule has 28 heavy (non-hydrogen) atoms. The molecule has 3 heterocycles. The van der Waals surface area contributed by atoms with Gasteiger partial charge in [-0.3, -0.25) is 9.69 Å². The van der Waals surface area contributed by atoms with Crippen LogP contribution in [0.2, 0.25) is 0 Å². The molecule has 4 rings (SSSR count). The van der Waals surface area contributed by atoms with Gasteiger partial charge in [-0.2, -0.15) is 0 Å². The Labute approximate surface area is 166 Å². The molecule has 2 N–H and O–H groups in total. The highest BCUT2D eigenvalue weighted by molar-refractivity contribution is 5.79. The van der Waals surface area contributed by atoms with Crippen LogP contribution in [0, 0.1) is 19.8 Å². The van der Waals surface area contributed by atoms with Crippen molar-refractivity contribution in [2.45, 2.75) is 83.1 Å². The number of aromatic nitrogens is 1. The first-order valence-corrected chi connectivity index (χ1v) is 10.6. The molecule has 0 bridgehead atoms. The third-order valence-corrected chi connectivity index (χ3v) is 7.11. The number of rotatable bonds is 4. The van der Waals surface area contributed by atoms with Crippen LogP contribution < -0.4 is 5.32 Å². The zero-order chi connectivity index (χ0) is 19.9. The first-order chi connectivity index (χ1) is 13.3. The van der Waals surface area contributed by atoms with Crippen LogP contribution >= 0.6 is 0 Å². The van der Waals surface area contributed by atoms with Gasteiger partial charge in [0.05, 0.1) is 29.5 Å². The molecule has 0 unspecified atom stereocenters. The van der Waals surface area contributed by atoms with Crippen molar-refractivity contribution in [1.29, 1.82) is 0 Å². The lowest BCUT2D eigenvalue weighted by Gasteiger charge is -2.51. The van der Waals surface area contributed by atoms with E-state index in [1.54, 1.807) is 0 Å². The maximum absolute atomic E-state index is 12.3. The number of aryl methyl sites for hydroxylation is 2. The number of carbonyl (C=O) groups is 1. The first-order valence-electron chi connectivity index (χ1n) is 10.6. The van der Waals surface area contributed by atoms with E-state index in [0.717, 1.165) is 63.2 Å². The lowest BCUT2D eigenvalue weighted by molar-refractivity contribution is -0.190. The van der Waals surface area contributed by atoms with E-state index >= 15 is 0 Å². The fourth-order valence-electron chi connectivity index (χ4n) is 4.81. The van der Waals surface area contributed by atoms with E-state index in [9.17, 15) is 9.90 Å². The molecule has 3 aliphatic rings. The molecule has 1 aliphatic carbocycles. The summed E-state index contributed by atoms with van der Waals surface area (Å²) < 4.78 is 11.6. The zero-order valence-corrected chi connectivity index (χ0v) is 17.3. The fourth-order valence-corrected chi connectivity index (χ4v) is 4.81. The van der Waals surface area contributed by atoms with E-state index in [1.165, 1.54) is 5.56 Å². The molecule has 1 aromatic rings. The Morgan fingerprint density at radius 3 is 2.57 bits per heavy atom. The van der Waals surface area contributed by atoms with Crippen molar-refractivity contribution in [3.05, 3.63) is 17.0 Å². The van der Waals surface area contributed by atoms with Gasteiger partial charge in [-0.1, -0.05) is 11.6 Å². The molecule has 1 saturated carbocycles. The van der Waals surface area contributed by atoms with E-state index in [4.69, 9.17) is 9.26 Å². The van der Waals surface area contributed by atoms with Gasteiger partial charge in [0, 0.05) is 37.5 Å². The van der Waals surface area contributed by atoms with Gasteiger partial charge in [0.2, 0.25) is 5.91 Å². The molecule has 7 nitrogen and oxygen atoms in total. The van der Waals surface area contributed by atoms with E-state index in [0.29, 0.717) is 13.0 Å². The summed E-state index contributed by atoms with van der Waals surface area (Å²) >= 11 is 0. The number of hydrogen-bond acceptors (Lipinski definition) is 6. The summed E-state index contributed by atoms with van der Waals surface area (Å²) in [5.74, 6) is 1.09. The number of hydrogen-bond donors (Lipinski definition) is 2. The van der Waals surface area contributed by atoms with Gasteiger partial charge < -0.3 is 19.7 Å². The quantitative estimate of drug-likeness (QED) is 0.817. The van der Waals surface area contributed by atoms with Gasteiger partial charge in [-0.15, -0.1) is 0 Å². The molecule has 2 saturated heterocycles. The number of nitrogens with one attached hydrogen (secondary N) is 1. The second kappa shape index (κ2) is 7.43. The highest BCUT2D eigenvalue weighted by atomic mass is 16.5. The Morgan fingerprint density at radius 1 is 1.32 bits per heavy atom. The normalized spacial score (nSPS) is 30.9. The molecule has 0 aromatic carbocycles. The van der Waals surface area contributed by atoms with Crippen molar-refractivity contribution in [2.75, 3.05) is 19.7 Å². The zero-order valence-electron chi connectivity index (χ0n) is 17.3. The summed E-state index contributed by atoms with van der Waals surface area (Å²) in [5.41, 5.74) is 0.892. The Kier molecular flexibility index (Phi) is 5.27. The molecule has 1 amide bonds. The number of aliphatic hydroxyl groups is 1. The van der Waals surface area contributed by atoms with E-state index in [2.05, 4.69) is 15.4 Å². The molecule has 3 fully saturated rings. The number of likely N-dealkylation sites (tertiary alicyclic amines) is 1. The van der Waals surface area contributed by atoms with Gasteiger partial charge >= 0.3 is 0 Å². The molecule has 0 radical (unpaired) electrons. The molecular formula is C21H33N3O4. The van der Waals surface area contributed by atoms with Crippen LogP contribution in [0.25, 0.3) is 0 Å². The Balaban J connectivity index is 1.32. The van der Waals surface area contributed by atoms with Crippen LogP contribution in [0.1, 0.15) is 62.5 Å². The Bertz CT molecular complexity index is 698. The highest BCUT2D eigenvalue weighted by Gasteiger charge is 2.49. The number of amides is 1. The van der Waals surface area contributed by atoms with Gasteiger partial charge in [-0.25, -0.2) is 0 Å². The summed E-state index contributed by atoms with van der Waals surface area (Å²) in [6, 6.07) is -0.327. The maximum atomic E-state index is 12.3. The molecule has 2 atom stereocenters. The third kappa shape index (κ3) is 3.84. The summed E-state index contributed by atoms with van der Waals surface area (Å²) in [5, 5.41) is 18.2. The SMILES string of the molecule is Cc1noc(C)c1CN1CCC2(CC1)C[C@](C)(O)[C@@H](NC(=O)C1CCC1)CO2. The molecular weight excluding hydrogens is 358 g/mol. The Hall–Kier alpha value is -1.44. The van der Waals surface area contributed by atoms with E-state index in [1.807, 2.05) is 20.8 Å². The van der Waals surface area contributed by atoms with Crippen LogP contribution in [0.3, 0.4) is 0 Å². The van der Waals surface area contributed by atoms with Crippen LogP contribution in [-0.4, -0.2) is 58.0 Å². The predicted octanol–water partition coefficient (Wildman–Crippen LogP) is 2.08. The largest absolute Gasteiger partial charge is 0.388 e.